The van der Waals surface area contributed by atoms with Gasteiger partial charge in [0.1, 0.15) is 5.78 Å². The average Bonchev–Trinajstić information content (AvgIpc) is 1.65. The smallest absolute Gasteiger partial charge is 0.187 e. The molecular weight excluding hydrogens is 106 g/mol. The van der Waals surface area contributed by atoms with Gasteiger partial charge in [0.05, 0.1) is 13.5 Å². The van der Waals surface area contributed by atoms with Gasteiger partial charge in [0.25, 0.3) is 0 Å². The minimum atomic E-state index is -0.0446. The maximum Gasteiger partial charge on any atom is 0.187 e. The number of Topliss-reactive ketones (excluding diaryl/α,β-unsaturated/α-hetero) is 1. The van der Waals surface area contributed by atoms with Gasteiger partial charge in [-0.2, -0.15) is 0 Å². The van der Waals surface area contributed by atoms with Crippen molar-refractivity contribution in [2.45, 2.75) is 13.3 Å². The van der Waals surface area contributed by atoms with E-state index in [-0.39, 0.29) is 18.1 Å². The number of nitrogens with one attached hydrogen (secondary N) is 1. The van der Waals surface area contributed by atoms with Crippen LogP contribution in [-0.4, -0.2) is 18.8 Å². The van der Waals surface area contributed by atoms with Crippen LogP contribution in [0.1, 0.15) is 13.3 Å². The zero-order chi connectivity index (χ0) is 6.57. The second-order valence-electron chi connectivity index (χ2n) is 1.51. The van der Waals surface area contributed by atoms with Crippen LogP contribution in [0.25, 0.3) is 0 Å². The first-order valence-electron chi connectivity index (χ1n) is 2.27. The van der Waals surface area contributed by atoms with Crippen LogP contribution >= 0.6 is 0 Å². The van der Waals surface area contributed by atoms with Crippen LogP contribution < -0.4 is 0 Å². The van der Waals surface area contributed by atoms with Crippen molar-refractivity contribution < 1.29 is 9.53 Å². The molecule has 0 spiro atoms. The Hall–Kier alpha value is -0.860. The molecule has 0 aliphatic carbocycles. The molecule has 0 atom stereocenters. The first-order valence-corrected chi connectivity index (χ1v) is 2.27. The van der Waals surface area contributed by atoms with Crippen molar-refractivity contribution in [3.63, 3.8) is 0 Å². The number of rotatable bonds is 2. The van der Waals surface area contributed by atoms with E-state index in [2.05, 4.69) is 4.74 Å². The molecule has 46 valence electrons. The number of methoxy groups -OCH3 is 1. The molecule has 0 aromatic heterocycles. The Labute approximate surface area is 48.2 Å². The standard InChI is InChI=1S/C5H9NO2/c1-4(7)3-5(6)8-2/h6H,3H2,1-2H3. The van der Waals surface area contributed by atoms with Gasteiger partial charge in [0.2, 0.25) is 0 Å². The lowest BCUT2D eigenvalue weighted by Gasteiger charge is -1.95. The van der Waals surface area contributed by atoms with E-state index < -0.39 is 0 Å². The predicted molar refractivity (Wildman–Crippen MR) is 30.0 cm³/mol. The molecular formula is C5H9NO2. The average molecular weight is 115 g/mol. The molecule has 0 aliphatic heterocycles. The molecule has 0 aromatic carbocycles. The summed E-state index contributed by atoms with van der Waals surface area (Å²) in [5.41, 5.74) is 0. The highest BCUT2D eigenvalue weighted by molar-refractivity contribution is 5.95. The van der Waals surface area contributed by atoms with Crippen LogP contribution in [0.15, 0.2) is 0 Å². The summed E-state index contributed by atoms with van der Waals surface area (Å²) < 4.78 is 4.42. The lowest BCUT2D eigenvalue weighted by molar-refractivity contribution is -0.116. The first-order chi connectivity index (χ1) is 3.66. The Balaban J connectivity index is 3.40. The molecule has 0 saturated heterocycles. The molecule has 0 bridgehead atoms. The molecule has 0 aromatic rings. The number of carbonyl (C=O) groups excluding carboxylic acids is 1. The van der Waals surface area contributed by atoms with Crippen LogP contribution in [-0.2, 0) is 9.53 Å². The second kappa shape index (κ2) is 3.18. The summed E-state index contributed by atoms with van der Waals surface area (Å²) in [5.74, 6) is -0.0191. The van der Waals surface area contributed by atoms with E-state index in [1.165, 1.54) is 14.0 Å². The van der Waals surface area contributed by atoms with Crippen LogP contribution in [0.2, 0.25) is 0 Å². The summed E-state index contributed by atoms with van der Waals surface area (Å²) in [6.07, 6.45) is 0.108. The molecule has 0 saturated carbocycles. The van der Waals surface area contributed by atoms with E-state index in [1.807, 2.05) is 0 Å². The monoisotopic (exact) mass is 115 g/mol. The lowest BCUT2D eigenvalue weighted by Crippen LogP contribution is -2.04. The van der Waals surface area contributed by atoms with Gasteiger partial charge in [-0.25, -0.2) is 0 Å². The highest BCUT2D eigenvalue weighted by Gasteiger charge is 1.97. The van der Waals surface area contributed by atoms with E-state index in [4.69, 9.17) is 5.41 Å². The molecule has 0 rings (SSSR count). The maximum absolute atomic E-state index is 10.2. The minimum Gasteiger partial charge on any atom is -0.484 e. The zero-order valence-corrected chi connectivity index (χ0v) is 5.02. The van der Waals surface area contributed by atoms with Gasteiger partial charge in [0, 0.05) is 0 Å². The quantitative estimate of drug-likeness (QED) is 0.423. The van der Waals surface area contributed by atoms with Crippen molar-refractivity contribution in [2.24, 2.45) is 0 Å². The van der Waals surface area contributed by atoms with Gasteiger partial charge in [-0.3, -0.25) is 10.2 Å². The molecule has 0 aliphatic rings. The van der Waals surface area contributed by atoms with Gasteiger partial charge in [-0.15, -0.1) is 0 Å². The third kappa shape index (κ3) is 3.33. The fourth-order valence-corrected chi connectivity index (χ4v) is 0.298. The molecule has 0 fully saturated rings. The van der Waals surface area contributed by atoms with Crippen LogP contribution in [0.5, 0.6) is 0 Å². The normalized spacial score (nSPS) is 8.25. The van der Waals surface area contributed by atoms with Crippen molar-refractivity contribution in [3.05, 3.63) is 0 Å². The Kier molecular flexibility index (Phi) is 2.84. The molecule has 0 radical (unpaired) electrons. The third-order valence-electron chi connectivity index (χ3n) is 0.656. The molecule has 0 amide bonds. The third-order valence-corrected chi connectivity index (χ3v) is 0.656. The largest absolute Gasteiger partial charge is 0.484 e. The predicted octanol–water partition coefficient (Wildman–Crippen LogP) is 0.589. The van der Waals surface area contributed by atoms with Crippen molar-refractivity contribution in [1.29, 1.82) is 5.41 Å². The van der Waals surface area contributed by atoms with Gasteiger partial charge < -0.3 is 4.74 Å². The molecule has 3 heteroatoms. The Morgan fingerprint density at radius 2 is 2.25 bits per heavy atom. The van der Waals surface area contributed by atoms with E-state index in [0.717, 1.165) is 0 Å². The van der Waals surface area contributed by atoms with E-state index in [9.17, 15) is 4.79 Å². The fraction of sp³-hybridized carbons (Fsp3) is 0.600. The SMILES string of the molecule is COC(=N)CC(C)=O. The lowest BCUT2D eigenvalue weighted by atomic mass is 10.3. The van der Waals surface area contributed by atoms with Crippen molar-refractivity contribution in [1.82, 2.24) is 0 Å². The topological polar surface area (TPSA) is 50.1 Å². The number of ketones is 1. The highest BCUT2D eigenvalue weighted by Crippen LogP contribution is 1.84. The van der Waals surface area contributed by atoms with Gasteiger partial charge in [-0.05, 0) is 6.92 Å². The van der Waals surface area contributed by atoms with Crippen LogP contribution in [0, 0.1) is 5.41 Å². The Morgan fingerprint density at radius 3 is 2.38 bits per heavy atom. The summed E-state index contributed by atoms with van der Waals surface area (Å²) in [6, 6.07) is 0. The minimum absolute atomic E-state index is 0.0255. The molecule has 1 N–H and O–H groups in total. The van der Waals surface area contributed by atoms with Gasteiger partial charge in [0.15, 0.2) is 5.90 Å². The number of hydrogen-bond acceptors (Lipinski definition) is 3. The zero-order valence-electron chi connectivity index (χ0n) is 5.02. The van der Waals surface area contributed by atoms with E-state index >= 15 is 0 Å². The Morgan fingerprint density at radius 1 is 1.75 bits per heavy atom. The number of carbonyl (C=O) groups is 1. The highest BCUT2D eigenvalue weighted by atomic mass is 16.5. The van der Waals surface area contributed by atoms with Gasteiger partial charge in [-0.1, -0.05) is 0 Å². The van der Waals surface area contributed by atoms with Gasteiger partial charge >= 0.3 is 0 Å². The summed E-state index contributed by atoms with van der Waals surface area (Å²) in [6.45, 7) is 1.42. The summed E-state index contributed by atoms with van der Waals surface area (Å²) in [4.78, 5) is 10.2. The van der Waals surface area contributed by atoms with E-state index in [1.54, 1.807) is 0 Å². The van der Waals surface area contributed by atoms with Crippen molar-refractivity contribution in [2.75, 3.05) is 7.11 Å². The first kappa shape index (κ1) is 7.14. The second-order valence-corrected chi connectivity index (χ2v) is 1.51. The van der Waals surface area contributed by atoms with E-state index in [0.29, 0.717) is 0 Å². The summed E-state index contributed by atoms with van der Waals surface area (Å²) >= 11 is 0. The summed E-state index contributed by atoms with van der Waals surface area (Å²) in [7, 11) is 1.38. The maximum atomic E-state index is 10.2. The van der Waals surface area contributed by atoms with Crippen molar-refractivity contribution in [3.8, 4) is 0 Å². The van der Waals surface area contributed by atoms with Crippen LogP contribution in [0.4, 0.5) is 0 Å². The van der Waals surface area contributed by atoms with Crippen LogP contribution in [0.3, 0.4) is 0 Å². The van der Waals surface area contributed by atoms with Crippen molar-refractivity contribution >= 4 is 11.7 Å². The molecule has 0 heterocycles. The summed E-state index contributed by atoms with van der Waals surface area (Å²) in [5, 5.41) is 6.82. The number of ether oxygens (including phenoxy) is 1. The fourth-order valence-electron chi connectivity index (χ4n) is 0.298. The Bertz CT molecular complexity index is 109. The molecule has 3 nitrogen and oxygen atoms in total. The number of hydrogen-bond donors (Lipinski definition) is 1. The molecule has 0 unspecified atom stereocenters. The molecule has 8 heavy (non-hydrogen) atoms.